The summed E-state index contributed by atoms with van der Waals surface area (Å²) in [7, 11) is 0. The summed E-state index contributed by atoms with van der Waals surface area (Å²) in [4.78, 5) is 32.7. The average Bonchev–Trinajstić information content (AvgIpc) is 2.77. The van der Waals surface area contributed by atoms with Crippen LogP contribution in [-0.2, 0) is 16.1 Å². The lowest BCUT2D eigenvalue weighted by Gasteiger charge is -2.30. The molecule has 0 N–H and O–H groups in total. The van der Waals surface area contributed by atoms with E-state index in [0.717, 1.165) is 6.20 Å². The number of ether oxygens (including phenoxy) is 3. The molecule has 0 spiro atoms. The van der Waals surface area contributed by atoms with E-state index >= 15 is 0 Å². The van der Waals surface area contributed by atoms with E-state index in [4.69, 9.17) is 9.47 Å². The number of hydrogen-bond donors (Lipinski definition) is 0. The highest BCUT2D eigenvalue weighted by Gasteiger charge is 2.28. The van der Waals surface area contributed by atoms with Crippen molar-refractivity contribution in [1.82, 2.24) is 9.97 Å². The Kier molecular flexibility index (Phi) is 7.68. The molecule has 1 fully saturated rings. The van der Waals surface area contributed by atoms with Gasteiger partial charge in [-0.3, -0.25) is 14.9 Å². The Balaban J connectivity index is 1.70. The number of anilines is 1. The molecule has 1 aromatic heterocycles. The highest BCUT2D eigenvalue weighted by molar-refractivity contribution is 5.72. The van der Waals surface area contributed by atoms with Crippen LogP contribution < -0.4 is 14.4 Å². The highest BCUT2D eigenvalue weighted by atomic mass is 19.3. The van der Waals surface area contributed by atoms with Crippen molar-refractivity contribution < 1.29 is 32.7 Å². The molecule has 10 nitrogen and oxygen atoms in total. The lowest BCUT2D eigenvalue weighted by atomic mass is 9.97. The number of nitrogens with zero attached hydrogens (tertiary/aromatic N) is 4. The summed E-state index contributed by atoms with van der Waals surface area (Å²) in [5.74, 6) is -0.500. The Morgan fingerprint density at radius 1 is 1.34 bits per heavy atom. The zero-order valence-electron chi connectivity index (χ0n) is 17.3. The lowest BCUT2D eigenvalue weighted by molar-refractivity contribution is -0.386. The second-order valence-corrected chi connectivity index (χ2v) is 6.95. The summed E-state index contributed by atoms with van der Waals surface area (Å²) in [6, 6.07) is 5.82. The van der Waals surface area contributed by atoms with Crippen molar-refractivity contribution in [2.75, 3.05) is 24.6 Å². The predicted octanol–water partition coefficient (Wildman–Crippen LogP) is 3.34. The lowest BCUT2D eigenvalue weighted by Crippen LogP contribution is -2.37. The largest absolute Gasteiger partial charge is 0.468 e. The number of aromatic nitrogens is 2. The molecule has 0 bridgehead atoms. The van der Waals surface area contributed by atoms with Gasteiger partial charge in [0, 0.05) is 13.1 Å². The fourth-order valence-electron chi connectivity index (χ4n) is 3.27. The molecule has 2 heterocycles. The number of alkyl halides is 2. The van der Waals surface area contributed by atoms with Gasteiger partial charge >= 0.3 is 18.3 Å². The summed E-state index contributed by atoms with van der Waals surface area (Å²) in [5.41, 5.74) is 0.0444. The van der Waals surface area contributed by atoms with Gasteiger partial charge in [-0.1, -0.05) is 12.1 Å². The summed E-state index contributed by atoms with van der Waals surface area (Å²) in [5, 5.41) is 11.4. The maximum Gasteiger partial charge on any atom is 0.387 e. The van der Waals surface area contributed by atoms with Crippen molar-refractivity contribution in [2.24, 2.45) is 5.92 Å². The molecule has 172 valence electrons. The first-order valence-corrected chi connectivity index (χ1v) is 9.97. The standard InChI is InChI=1S/C20H22F2N4O6/c1-2-30-18(27)14-6-8-25(9-7-14)20-23-11-16(26(28)29)17(24-20)31-12-13-4-3-5-15(10-13)32-19(21)22/h3-5,10-11,14,19H,2,6-9,12H2,1H3. The Morgan fingerprint density at radius 3 is 2.75 bits per heavy atom. The highest BCUT2D eigenvalue weighted by Crippen LogP contribution is 2.29. The molecule has 32 heavy (non-hydrogen) atoms. The number of benzene rings is 1. The number of hydrogen-bond acceptors (Lipinski definition) is 9. The van der Waals surface area contributed by atoms with Gasteiger partial charge in [-0.2, -0.15) is 13.8 Å². The first-order valence-electron chi connectivity index (χ1n) is 9.97. The van der Waals surface area contributed by atoms with Crippen molar-refractivity contribution >= 4 is 17.6 Å². The Hall–Kier alpha value is -3.57. The van der Waals surface area contributed by atoms with Crippen LogP contribution in [-0.4, -0.2) is 47.2 Å². The van der Waals surface area contributed by atoms with Crippen LogP contribution in [0.2, 0.25) is 0 Å². The first-order chi connectivity index (χ1) is 15.4. The monoisotopic (exact) mass is 452 g/mol. The third-order valence-corrected chi connectivity index (χ3v) is 4.82. The number of halogens is 2. The first kappa shape index (κ1) is 23.1. The Labute approximate surface area is 182 Å². The smallest absolute Gasteiger partial charge is 0.387 e. The van der Waals surface area contributed by atoms with E-state index in [1.165, 1.54) is 18.2 Å². The van der Waals surface area contributed by atoms with E-state index in [1.54, 1.807) is 13.0 Å². The molecule has 0 atom stereocenters. The van der Waals surface area contributed by atoms with Gasteiger partial charge in [0.2, 0.25) is 5.95 Å². The van der Waals surface area contributed by atoms with Crippen LogP contribution in [0.1, 0.15) is 25.3 Å². The normalized spacial score (nSPS) is 14.3. The van der Waals surface area contributed by atoms with Crippen LogP contribution in [0.5, 0.6) is 11.6 Å². The summed E-state index contributed by atoms with van der Waals surface area (Å²) in [6.07, 6.45) is 2.16. The zero-order chi connectivity index (χ0) is 23.1. The SMILES string of the molecule is CCOC(=O)C1CCN(c2ncc([N+](=O)[O-])c(OCc3cccc(OC(F)F)c3)n2)CC1. The Bertz CT molecular complexity index is 953. The van der Waals surface area contributed by atoms with Crippen molar-refractivity contribution in [1.29, 1.82) is 0 Å². The molecule has 1 aromatic carbocycles. The molecule has 0 radical (unpaired) electrons. The van der Waals surface area contributed by atoms with Crippen molar-refractivity contribution in [2.45, 2.75) is 33.0 Å². The third kappa shape index (κ3) is 5.99. The van der Waals surface area contributed by atoms with Crippen LogP contribution in [0.3, 0.4) is 0 Å². The number of rotatable bonds is 9. The quantitative estimate of drug-likeness (QED) is 0.321. The maximum atomic E-state index is 12.4. The molecular weight excluding hydrogens is 430 g/mol. The molecular formula is C20H22F2N4O6. The zero-order valence-corrected chi connectivity index (χ0v) is 17.3. The second-order valence-electron chi connectivity index (χ2n) is 6.95. The van der Waals surface area contributed by atoms with E-state index in [2.05, 4.69) is 14.7 Å². The van der Waals surface area contributed by atoms with Crippen molar-refractivity contribution in [3.8, 4) is 11.6 Å². The van der Waals surface area contributed by atoms with Gasteiger partial charge in [-0.15, -0.1) is 0 Å². The van der Waals surface area contributed by atoms with Gasteiger partial charge in [0.1, 0.15) is 18.6 Å². The van der Waals surface area contributed by atoms with Crippen LogP contribution in [0.4, 0.5) is 20.4 Å². The van der Waals surface area contributed by atoms with Gasteiger partial charge < -0.3 is 19.1 Å². The second kappa shape index (κ2) is 10.6. The maximum absolute atomic E-state index is 12.4. The van der Waals surface area contributed by atoms with E-state index < -0.39 is 17.2 Å². The van der Waals surface area contributed by atoms with Crippen LogP contribution in [0.25, 0.3) is 0 Å². The fourth-order valence-corrected chi connectivity index (χ4v) is 3.27. The molecule has 1 saturated heterocycles. The van der Waals surface area contributed by atoms with Gasteiger partial charge in [-0.05, 0) is 37.5 Å². The number of nitro groups is 1. The molecule has 2 aromatic rings. The fraction of sp³-hybridized carbons (Fsp3) is 0.450. The van der Waals surface area contributed by atoms with Crippen LogP contribution >= 0.6 is 0 Å². The minimum Gasteiger partial charge on any atom is -0.468 e. The number of esters is 1. The van der Waals surface area contributed by atoms with Gasteiger partial charge in [0.15, 0.2) is 0 Å². The topological polar surface area (TPSA) is 117 Å². The van der Waals surface area contributed by atoms with Crippen LogP contribution in [0.15, 0.2) is 30.5 Å². The van der Waals surface area contributed by atoms with Crippen LogP contribution in [0, 0.1) is 16.0 Å². The minimum absolute atomic E-state index is 0.0524. The minimum atomic E-state index is -2.97. The molecule has 0 saturated carbocycles. The van der Waals surface area contributed by atoms with E-state index in [-0.39, 0.29) is 36.1 Å². The van der Waals surface area contributed by atoms with Gasteiger partial charge in [0.05, 0.1) is 17.4 Å². The van der Waals surface area contributed by atoms with Gasteiger partial charge in [-0.25, -0.2) is 4.98 Å². The third-order valence-electron chi connectivity index (χ3n) is 4.82. The molecule has 0 unspecified atom stereocenters. The predicted molar refractivity (Wildman–Crippen MR) is 108 cm³/mol. The molecule has 0 aliphatic carbocycles. The molecule has 3 rings (SSSR count). The van der Waals surface area contributed by atoms with E-state index in [9.17, 15) is 23.7 Å². The summed E-state index contributed by atoms with van der Waals surface area (Å²) < 4.78 is 39.7. The average molecular weight is 452 g/mol. The molecule has 1 aliphatic heterocycles. The molecule has 1 aliphatic rings. The van der Waals surface area contributed by atoms with E-state index in [0.29, 0.717) is 38.1 Å². The molecule has 0 amide bonds. The summed E-state index contributed by atoms with van der Waals surface area (Å²) in [6.45, 7) is -0.0851. The summed E-state index contributed by atoms with van der Waals surface area (Å²) >= 11 is 0. The van der Waals surface area contributed by atoms with Gasteiger partial charge in [0.25, 0.3) is 5.88 Å². The number of carbonyl (C=O) groups is 1. The Morgan fingerprint density at radius 2 is 2.09 bits per heavy atom. The number of piperidine rings is 1. The van der Waals surface area contributed by atoms with Crippen molar-refractivity contribution in [3.05, 3.63) is 46.1 Å². The van der Waals surface area contributed by atoms with Crippen molar-refractivity contribution in [3.63, 3.8) is 0 Å². The number of carbonyl (C=O) groups excluding carboxylic acids is 1. The van der Waals surface area contributed by atoms with E-state index in [1.807, 2.05) is 4.90 Å². The molecule has 12 heteroatoms.